The lowest BCUT2D eigenvalue weighted by atomic mass is 9.97. The van der Waals surface area contributed by atoms with Crippen molar-refractivity contribution in [1.29, 1.82) is 0 Å². The zero-order chi connectivity index (χ0) is 53.9. The second-order valence-corrected chi connectivity index (χ2v) is 19.7. The van der Waals surface area contributed by atoms with Gasteiger partial charge in [-0.05, 0) is 71.0 Å². The molecule has 0 unspecified atom stereocenters. The standard InChI is InChI=1S/C63H60O14S/c1-2-78-63-57(77-61(67)49-36-22-9-23-37-49)55(75-59(65)47-32-18-7-19-33-47)53(74-58(64)46-30-16-6-17-31-46)51(73-63)42-71-62-56(76-60(66)48-34-20-8-21-35-48)54(70-40-45-28-14-5-15-29-45)52(69-39-44-26-12-4-13-27-44)50(72-62)41-68-38-43-24-10-3-11-25-43/h3-37,50-57,62-63H,2,38-42H2,1H3/t50-,51-,52+,53-,54+,55+,56-,57-,62-,63+/m1/s1. The normalized spacial score (nSPS) is 22.8. The molecule has 0 aromatic heterocycles. The third kappa shape index (κ3) is 15.0. The lowest BCUT2D eigenvalue weighted by Crippen LogP contribution is -2.64. The summed E-state index contributed by atoms with van der Waals surface area (Å²) in [5.41, 5.74) is 2.51. The van der Waals surface area contributed by atoms with E-state index in [0.717, 1.165) is 16.7 Å². The number of benzene rings is 7. The number of rotatable bonds is 23. The molecule has 14 nitrogen and oxygen atoms in total. The summed E-state index contributed by atoms with van der Waals surface area (Å²) in [7, 11) is 0. The molecule has 9 rings (SSSR count). The van der Waals surface area contributed by atoms with E-state index in [4.69, 9.17) is 47.4 Å². The first kappa shape index (κ1) is 55.3. The van der Waals surface area contributed by atoms with Gasteiger partial charge in [-0.2, -0.15) is 0 Å². The van der Waals surface area contributed by atoms with Crippen molar-refractivity contribution >= 4 is 35.6 Å². The maximum absolute atomic E-state index is 14.4. The molecule has 0 N–H and O–H groups in total. The molecule has 0 bridgehead atoms. The maximum Gasteiger partial charge on any atom is 0.338 e. The molecule has 15 heteroatoms. The summed E-state index contributed by atoms with van der Waals surface area (Å²) >= 11 is 1.29. The summed E-state index contributed by atoms with van der Waals surface area (Å²) in [5, 5.41) is 0. The van der Waals surface area contributed by atoms with E-state index < -0.39 is 91.0 Å². The molecule has 402 valence electrons. The summed E-state index contributed by atoms with van der Waals surface area (Å²) in [4.78, 5) is 56.9. The van der Waals surface area contributed by atoms with Crippen molar-refractivity contribution in [2.75, 3.05) is 19.0 Å². The summed E-state index contributed by atoms with van der Waals surface area (Å²) in [5.74, 6) is -2.50. The smallest absolute Gasteiger partial charge is 0.338 e. The van der Waals surface area contributed by atoms with E-state index in [1.807, 2.05) is 97.9 Å². The largest absolute Gasteiger partial charge is 0.452 e. The van der Waals surface area contributed by atoms with E-state index in [0.29, 0.717) is 5.75 Å². The van der Waals surface area contributed by atoms with Crippen molar-refractivity contribution in [3.8, 4) is 0 Å². The molecule has 2 fully saturated rings. The first-order chi connectivity index (χ1) is 38.3. The van der Waals surface area contributed by atoms with E-state index in [-0.39, 0.29) is 48.7 Å². The van der Waals surface area contributed by atoms with Crippen molar-refractivity contribution in [2.45, 2.75) is 87.3 Å². The van der Waals surface area contributed by atoms with Gasteiger partial charge in [-0.3, -0.25) is 0 Å². The van der Waals surface area contributed by atoms with E-state index in [9.17, 15) is 19.2 Å². The van der Waals surface area contributed by atoms with Crippen LogP contribution in [0.2, 0.25) is 0 Å². The Kier molecular flexibility index (Phi) is 20.0. The summed E-state index contributed by atoms with van der Waals surface area (Å²) in [6, 6.07) is 62.3. The first-order valence-electron chi connectivity index (χ1n) is 25.8. The fraction of sp³-hybridized carbons (Fsp3) is 0.270. The number of esters is 4. The van der Waals surface area contributed by atoms with Crippen LogP contribution in [0.3, 0.4) is 0 Å². The highest BCUT2D eigenvalue weighted by atomic mass is 32.2. The molecule has 78 heavy (non-hydrogen) atoms. The second kappa shape index (κ2) is 28.2. The highest BCUT2D eigenvalue weighted by Crippen LogP contribution is 2.37. The van der Waals surface area contributed by atoms with Gasteiger partial charge < -0.3 is 47.4 Å². The lowest BCUT2D eigenvalue weighted by Gasteiger charge is -2.47. The van der Waals surface area contributed by atoms with E-state index in [1.54, 1.807) is 121 Å². The van der Waals surface area contributed by atoms with Gasteiger partial charge in [-0.25, -0.2) is 19.2 Å². The Bertz CT molecular complexity index is 2940. The third-order valence-corrected chi connectivity index (χ3v) is 14.0. The minimum Gasteiger partial charge on any atom is -0.452 e. The van der Waals surface area contributed by atoms with Crippen LogP contribution in [0.1, 0.15) is 65.0 Å². The summed E-state index contributed by atoms with van der Waals surface area (Å²) in [6.45, 7) is 1.92. The van der Waals surface area contributed by atoms with Gasteiger partial charge in [0.2, 0.25) is 0 Å². The van der Waals surface area contributed by atoms with E-state index in [2.05, 4.69) is 0 Å². The second-order valence-electron chi connectivity index (χ2n) is 18.3. The van der Waals surface area contributed by atoms with Gasteiger partial charge >= 0.3 is 23.9 Å². The minimum absolute atomic E-state index is 0.0167. The molecule has 0 spiro atoms. The lowest BCUT2D eigenvalue weighted by molar-refractivity contribution is -0.325. The molecule has 10 atom stereocenters. The molecular weight excluding hydrogens is 1010 g/mol. The summed E-state index contributed by atoms with van der Waals surface area (Å²) in [6.07, 6.45) is -11.2. The van der Waals surface area contributed by atoms with Crippen molar-refractivity contribution in [1.82, 2.24) is 0 Å². The van der Waals surface area contributed by atoms with Crippen molar-refractivity contribution in [3.63, 3.8) is 0 Å². The molecule has 2 aliphatic rings. The van der Waals surface area contributed by atoms with Crippen molar-refractivity contribution in [2.24, 2.45) is 0 Å². The van der Waals surface area contributed by atoms with Crippen LogP contribution < -0.4 is 0 Å². The average Bonchev–Trinajstić information content (AvgIpc) is 3.50. The van der Waals surface area contributed by atoms with E-state index in [1.165, 1.54) is 11.8 Å². The van der Waals surface area contributed by atoms with Gasteiger partial charge in [0.25, 0.3) is 0 Å². The molecule has 2 saturated heterocycles. The van der Waals surface area contributed by atoms with Crippen molar-refractivity contribution < 1.29 is 66.5 Å². The fourth-order valence-electron chi connectivity index (χ4n) is 9.03. The Morgan fingerprint density at radius 3 is 1.17 bits per heavy atom. The van der Waals surface area contributed by atoms with Crippen LogP contribution in [0.25, 0.3) is 0 Å². The molecular formula is C63H60O14S. The number of hydrogen-bond donors (Lipinski definition) is 0. The molecule has 0 saturated carbocycles. The minimum atomic E-state index is -1.49. The topological polar surface area (TPSA) is 161 Å². The number of thioether (sulfide) groups is 1. The Balaban J connectivity index is 1.10. The molecule has 2 heterocycles. The van der Waals surface area contributed by atoms with Crippen LogP contribution in [0.15, 0.2) is 212 Å². The quantitative estimate of drug-likeness (QED) is 0.0439. The molecule has 0 aliphatic carbocycles. The zero-order valence-corrected chi connectivity index (χ0v) is 43.7. The van der Waals surface area contributed by atoms with Gasteiger partial charge in [0.1, 0.15) is 29.9 Å². The summed E-state index contributed by atoms with van der Waals surface area (Å²) < 4.78 is 66.2. The number of hydrogen-bond acceptors (Lipinski definition) is 15. The third-order valence-electron chi connectivity index (χ3n) is 12.9. The molecule has 2 aliphatic heterocycles. The SMILES string of the molecule is CCS[C@@H]1O[C@H](CO[C@@H]2O[C@H](COCc3ccccc3)[C@H](OCc3ccccc3)[C@H](OCc3ccccc3)[C@H]2OC(=O)c2ccccc2)[C@@H](OC(=O)c2ccccc2)[C@H](OC(=O)c2ccccc2)[C@H]1OC(=O)c1ccccc1. The van der Waals surface area contributed by atoms with Gasteiger partial charge in [-0.1, -0.05) is 171 Å². The van der Waals surface area contributed by atoms with Gasteiger partial charge in [0.05, 0.1) is 55.3 Å². The van der Waals surface area contributed by atoms with Gasteiger partial charge in [0.15, 0.2) is 30.7 Å². The number of carbonyl (C=O) groups excluding carboxylic acids is 4. The first-order valence-corrected chi connectivity index (χ1v) is 26.9. The van der Waals surface area contributed by atoms with E-state index >= 15 is 0 Å². The van der Waals surface area contributed by atoms with Crippen LogP contribution in [-0.4, -0.2) is 103 Å². The van der Waals surface area contributed by atoms with Crippen molar-refractivity contribution in [3.05, 3.63) is 251 Å². The number of ether oxygens (including phenoxy) is 10. The Labute approximate surface area is 457 Å². The number of carbonyl (C=O) groups is 4. The zero-order valence-electron chi connectivity index (χ0n) is 42.8. The van der Waals surface area contributed by atoms with Crippen LogP contribution in [0.4, 0.5) is 0 Å². The highest BCUT2D eigenvalue weighted by molar-refractivity contribution is 7.99. The highest BCUT2D eigenvalue weighted by Gasteiger charge is 2.55. The predicted molar refractivity (Wildman–Crippen MR) is 290 cm³/mol. The van der Waals surface area contributed by atoms with Crippen LogP contribution in [0, 0.1) is 0 Å². The van der Waals surface area contributed by atoms with Crippen LogP contribution in [-0.2, 0) is 67.2 Å². The fourth-order valence-corrected chi connectivity index (χ4v) is 9.98. The Morgan fingerprint density at radius 2 is 0.731 bits per heavy atom. The molecule has 7 aromatic rings. The van der Waals surface area contributed by atoms with Crippen LogP contribution in [0.5, 0.6) is 0 Å². The Hall–Kier alpha value is -7.47. The molecule has 0 amide bonds. The maximum atomic E-state index is 14.4. The van der Waals surface area contributed by atoms with Gasteiger partial charge in [0, 0.05) is 0 Å². The van der Waals surface area contributed by atoms with Crippen LogP contribution >= 0.6 is 11.8 Å². The monoisotopic (exact) mass is 1070 g/mol. The molecule has 0 radical (unpaired) electrons. The Morgan fingerprint density at radius 1 is 0.372 bits per heavy atom. The predicted octanol–water partition coefficient (Wildman–Crippen LogP) is 10.5. The molecule has 7 aromatic carbocycles. The average molecular weight is 1070 g/mol. The van der Waals surface area contributed by atoms with Gasteiger partial charge in [-0.15, -0.1) is 11.8 Å².